The Balaban J connectivity index is 4.76. The first kappa shape index (κ1) is 68.9. The van der Waals surface area contributed by atoms with Crippen molar-refractivity contribution in [1.29, 1.82) is 0 Å². The van der Waals surface area contributed by atoms with Gasteiger partial charge in [-0.2, -0.15) is 0 Å². The molecule has 11 nitrogen and oxygen atoms in total. The van der Waals surface area contributed by atoms with Crippen molar-refractivity contribution in [1.82, 2.24) is 0 Å². The number of carbonyl (C=O) groups excluding carboxylic acids is 3. The number of hydrogen-bond acceptors (Lipinski definition) is 10. The molecule has 0 fully saturated rings. The molecule has 0 rings (SSSR count). The molecule has 0 spiro atoms. The Labute approximate surface area is 439 Å². The predicted octanol–water partition coefficient (Wildman–Crippen LogP) is 16.9. The molecule has 0 aromatic heterocycles. The molecule has 0 aromatic rings. The molecule has 0 heterocycles. The lowest BCUT2D eigenvalue weighted by molar-refractivity contribution is -0.161. The molecule has 416 valence electrons. The van der Waals surface area contributed by atoms with E-state index in [0.29, 0.717) is 19.3 Å². The van der Waals surface area contributed by atoms with Gasteiger partial charge in [-0.25, -0.2) is 4.57 Å². The molecule has 2 N–H and O–H groups in total. The van der Waals surface area contributed by atoms with Crippen LogP contribution in [-0.2, 0) is 42.2 Å². The Morgan fingerprint density at radius 1 is 0.403 bits per heavy atom. The van der Waals surface area contributed by atoms with E-state index in [1.54, 1.807) is 0 Å². The summed E-state index contributed by atoms with van der Waals surface area (Å²) in [6.45, 7) is 4.47. The van der Waals surface area contributed by atoms with Crippen molar-refractivity contribution >= 4 is 25.7 Å². The van der Waals surface area contributed by atoms with Gasteiger partial charge in [0, 0.05) is 19.3 Å². The number of phosphoric acid groups is 1. The largest absolute Gasteiger partial charge is 0.472 e. The zero-order valence-corrected chi connectivity index (χ0v) is 46.8. The van der Waals surface area contributed by atoms with Crippen LogP contribution < -0.4 is 0 Å². The Morgan fingerprint density at radius 3 is 1.14 bits per heavy atom. The number of aliphatic hydroxyl groups is 1. The van der Waals surface area contributed by atoms with Crippen LogP contribution in [0.3, 0.4) is 0 Å². The lowest BCUT2D eigenvalue weighted by Crippen LogP contribution is -2.30. The van der Waals surface area contributed by atoms with Gasteiger partial charge in [0.15, 0.2) is 6.10 Å². The van der Waals surface area contributed by atoms with Crippen LogP contribution >= 0.6 is 7.82 Å². The zero-order valence-electron chi connectivity index (χ0n) is 45.9. The molecule has 3 unspecified atom stereocenters. The Kier molecular flexibility index (Phi) is 51.9. The minimum absolute atomic E-state index is 0.138. The van der Waals surface area contributed by atoms with Gasteiger partial charge < -0.3 is 24.2 Å². The van der Waals surface area contributed by atoms with Crippen LogP contribution in [0, 0.1) is 0 Å². The Morgan fingerprint density at radius 2 is 0.722 bits per heavy atom. The monoisotopic (exact) mass is 1030 g/mol. The SMILES string of the molecule is CC/C=C\C/C=C\C/C=C\C/C=C\CCCCCCC(=O)OC(COC(=O)CCCCCCCCCCCCCCC)COP(=O)(O)OCC(CO)OC(=O)CCCCCCC/C=C\C/C=C\CCCCC. The number of allylic oxidation sites excluding steroid dienone is 12. The quantitative estimate of drug-likeness (QED) is 0.0197. The maximum absolute atomic E-state index is 12.9. The third-order valence-corrected chi connectivity index (χ3v) is 13.1. The smallest absolute Gasteiger partial charge is 0.462 e. The average Bonchev–Trinajstić information content (AvgIpc) is 3.37. The molecule has 3 atom stereocenters. The number of unbranched alkanes of at least 4 members (excludes halogenated alkanes) is 24. The van der Waals surface area contributed by atoms with Gasteiger partial charge in [-0.3, -0.25) is 23.4 Å². The van der Waals surface area contributed by atoms with E-state index in [1.165, 1.54) is 77.0 Å². The molecule has 0 aromatic carbocycles. The second-order valence-corrected chi connectivity index (χ2v) is 20.5. The fourth-order valence-corrected chi connectivity index (χ4v) is 8.51. The van der Waals surface area contributed by atoms with Gasteiger partial charge in [0.1, 0.15) is 12.7 Å². The van der Waals surface area contributed by atoms with Crippen LogP contribution in [0.4, 0.5) is 0 Å². The van der Waals surface area contributed by atoms with E-state index in [2.05, 4.69) is 93.7 Å². The van der Waals surface area contributed by atoms with Crippen LogP contribution in [-0.4, -0.2) is 66.5 Å². The summed E-state index contributed by atoms with van der Waals surface area (Å²) in [7, 11) is -4.76. The molecule has 0 radical (unpaired) electrons. The fraction of sp³-hybridized carbons (Fsp3) is 0.750. The molecule has 0 saturated carbocycles. The van der Waals surface area contributed by atoms with Crippen molar-refractivity contribution in [3.05, 3.63) is 72.9 Å². The van der Waals surface area contributed by atoms with Crippen molar-refractivity contribution in [2.24, 2.45) is 0 Å². The summed E-state index contributed by atoms with van der Waals surface area (Å²) in [5.41, 5.74) is 0. The van der Waals surface area contributed by atoms with Gasteiger partial charge in [0.25, 0.3) is 0 Å². The molecule has 0 aliphatic carbocycles. The van der Waals surface area contributed by atoms with Gasteiger partial charge in [-0.1, -0.05) is 216 Å². The Hall–Kier alpha value is -3.08. The van der Waals surface area contributed by atoms with Crippen molar-refractivity contribution in [3.8, 4) is 0 Å². The molecule has 0 aliphatic heterocycles. The predicted molar refractivity (Wildman–Crippen MR) is 298 cm³/mol. The first-order valence-corrected chi connectivity index (χ1v) is 30.3. The highest BCUT2D eigenvalue weighted by Gasteiger charge is 2.28. The first-order chi connectivity index (χ1) is 35.2. The van der Waals surface area contributed by atoms with Crippen LogP contribution in [0.5, 0.6) is 0 Å². The van der Waals surface area contributed by atoms with Gasteiger partial charge >= 0.3 is 25.7 Å². The fourth-order valence-electron chi connectivity index (χ4n) is 7.73. The van der Waals surface area contributed by atoms with E-state index in [1.807, 2.05) is 0 Å². The second-order valence-electron chi connectivity index (χ2n) is 19.1. The van der Waals surface area contributed by atoms with E-state index < -0.39 is 57.8 Å². The number of esters is 3. The lowest BCUT2D eigenvalue weighted by Gasteiger charge is -2.21. The van der Waals surface area contributed by atoms with E-state index in [4.69, 9.17) is 23.3 Å². The second kappa shape index (κ2) is 54.2. The molecular formula is C60H105O11P. The summed E-state index contributed by atoms with van der Waals surface area (Å²) in [5, 5.41) is 9.81. The maximum Gasteiger partial charge on any atom is 0.472 e. The summed E-state index contributed by atoms with van der Waals surface area (Å²) in [4.78, 5) is 48.5. The third kappa shape index (κ3) is 51.8. The van der Waals surface area contributed by atoms with Crippen molar-refractivity contribution in [2.45, 2.75) is 264 Å². The normalized spacial score (nSPS) is 13.9. The highest BCUT2D eigenvalue weighted by molar-refractivity contribution is 7.47. The molecule has 0 aliphatic rings. The van der Waals surface area contributed by atoms with Crippen molar-refractivity contribution in [2.75, 3.05) is 26.4 Å². The van der Waals surface area contributed by atoms with E-state index in [0.717, 1.165) is 116 Å². The highest BCUT2D eigenvalue weighted by Crippen LogP contribution is 2.43. The van der Waals surface area contributed by atoms with E-state index >= 15 is 0 Å². The maximum atomic E-state index is 12.9. The van der Waals surface area contributed by atoms with E-state index in [-0.39, 0.29) is 25.9 Å². The molecular weight excluding hydrogens is 928 g/mol. The van der Waals surface area contributed by atoms with Crippen LogP contribution in [0.15, 0.2) is 72.9 Å². The van der Waals surface area contributed by atoms with Crippen LogP contribution in [0.25, 0.3) is 0 Å². The van der Waals surface area contributed by atoms with E-state index in [9.17, 15) is 28.9 Å². The van der Waals surface area contributed by atoms with Crippen molar-refractivity contribution in [3.63, 3.8) is 0 Å². The molecule has 12 heteroatoms. The average molecular weight is 1030 g/mol. The minimum atomic E-state index is -4.76. The Bertz CT molecular complexity index is 1490. The standard InChI is InChI=1S/C60H105O11P/c1-4-7-10-13-16-19-22-25-27-28-30-33-36-39-42-45-48-51-60(64)71-57(53-67-58(62)49-46-43-40-37-34-31-24-21-18-15-12-9-6-3)55-69-72(65,66)68-54-56(52-61)70-59(63)50-47-44-41-38-35-32-29-26-23-20-17-14-11-8-5-2/h7,10,16-17,19-20,25-27,29-30,33,56-57,61H,4-6,8-9,11-15,18,21-24,28,31-32,34-55H2,1-3H3,(H,65,66)/b10-7-,19-16-,20-17-,27-25-,29-26-,33-30-. The first-order valence-electron chi connectivity index (χ1n) is 28.8. The van der Waals surface area contributed by atoms with Gasteiger partial charge in [0.05, 0.1) is 19.8 Å². The number of rotatable bonds is 53. The number of hydrogen-bond donors (Lipinski definition) is 2. The molecule has 0 amide bonds. The number of carbonyl (C=O) groups is 3. The van der Waals surface area contributed by atoms with Crippen LogP contribution in [0.1, 0.15) is 252 Å². The molecule has 0 saturated heterocycles. The summed E-state index contributed by atoms with van der Waals surface area (Å²) >= 11 is 0. The van der Waals surface area contributed by atoms with Gasteiger partial charge in [0.2, 0.25) is 0 Å². The highest BCUT2D eigenvalue weighted by atomic mass is 31.2. The zero-order chi connectivity index (χ0) is 52.7. The van der Waals surface area contributed by atoms with Crippen LogP contribution in [0.2, 0.25) is 0 Å². The van der Waals surface area contributed by atoms with Gasteiger partial charge in [-0.05, 0) is 89.9 Å². The molecule has 0 bridgehead atoms. The number of aliphatic hydroxyl groups excluding tert-OH is 1. The van der Waals surface area contributed by atoms with Gasteiger partial charge in [-0.15, -0.1) is 0 Å². The summed E-state index contributed by atoms with van der Waals surface area (Å²) in [6.07, 6.45) is 60.0. The summed E-state index contributed by atoms with van der Waals surface area (Å²) < 4.78 is 39.5. The summed E-state index contributed by atoms with van der Waals surface area (Å²) in [6, 6.07) is 0. The number of phosphoric ester groups is 1. The summed E-state index contributed by atoms with van der Waals surface area (Å²) in [5.74, 6) is -1.50. The lowest BCUT2D eigenvalue weighted by atomic mass is 10.0. The third-order valence-electron chi connectivity index (χ3n) is 12.1. The number of ether oxygens (including phenoxy) is 3. The minimum Gasteiger partial charge on any atom is -0.462 e. The van der Waals surface area contributed by atoms with Crippen molar-refractivity contribution < 1.29 is 52.2 Å². The topological polar surface area (TPSA) is 155 Å². The molecule has 72 heavy (non-hydrogen) atoms.